The van der Waals surface area contributed by atoms with Crippen LogP contribution in [0.5, 0.6) is 5.75 Å². The van der Waals surface area contributed by atoms with E-state index in [9.17, 15) is 4.79 Å². The van der Waals surface area contributed by atoms with Gasteiger partial charge in [0.1, 0.15) is 11.6 Å². The number of ether oxygens (including phenoxy) is 1. The highest BCUT2D eigenvalue weighted by Gasteiger charge is 2.30. The molecule has 2 amide bonds. The maximum Gasteiger partial charge on any atom is 0.318 e. The molecule has 1 N–H and O–H groups in total. The summed E-state index contributed by atoms with van der Waals surface area (Å²) in [4.78, 5) is 23.0. The second-order valence-corrected chi connectivity index (χ2v) is 6.41. The quantitative estimate of drug-likeness (QED) is 0.905. The van der Waals surface area contributed by atoms with Gasteiger partial charge >= 0.3 is 6.03 Å². The molecule has 7 heteroatoms. The fourth-order valence-electron chi connectivity index (χ4n) is 3.38. The number of pyridine rings is 1. The van der Waals surface area contributed by atoms with Crippen molar-refractivity contribution >= 4 is 6.03 Å². The number of carbonyl (C=O) groups excluding carboxylic acids is 1. The van der Waals surface area contributed by atoms with Crippen molar-refractivity contribution < 1.29 is 9.53 Å². The van der Waals surface area contributed by atoms with Crippen LogP contribution in [0.3, 0.4) is 0 Å². The minimum absolute atomic E-state index is 0.0355. The zero-order valence-corrected chi connectivity index (χ0v) is 15.0. The summed E-state index contributed by atoms with van der Waals surface area (Å²) in [6, 6.07) is 1.88. The molecular formula is C18H25N5O2. The molecule has 0 unspecified atom stereocenters. The van der Waals surface area contributed by atoms with Crippen molar-refractivity contribution in [2.24, 2.45) is 0 Å². The van der Waals surface area contributed by atoms with E-state index in [0.29, 0.717) is 5.75 Å². The van der Waals surface area contributed by atoms with Gasteiger partial charge in [0.2, 0.25) is 0 Å². The summed E-state index contributed by atoms with van der Waals surface area (Å²) in [6.45, 7) is 5.51. The molecule has 3 heterocycles. The fraction of sp³-hybridized carbons (Fsp3) is 0.500. The molecule has 0 spiro atoms. The van der Waals surface area contributed by atoms with Gasteiger partial charge < -0.3 is 19.5 Å². The van der Waals surface area contributed by atoms with Crippen molar-refractivity contribution in [3.8, 4) is 5.75 Å². The van der Waals surface area contributed by atoms with Crippen molar-refractivity contribution in [1.82, 2.24) is 24.8 Å². The molecule has 1 saturated heterocycles. The summed E-state index contributed by atoms with van der Waals surface area (Å²) in [5.41, 5.74) is 0.923. The first-order chi connectivity index (χ1) is 12.1. The zero-order valence-electron chi connectivity index (χ0n) is 15.0. The molecule has 134 valence electrons. The Kier molecular flexibility index (Phi) is 5.21. The van der Waals surface area contributed by atoms with Crippen LogP contribution >= 0.6 is 0 Å². The minimum atomic E-state index is -0.151. The van der Waals surface area contributed by atoms with Crippen LogP contribution < -0.4 is 10.1 Å². The molecule has 1 aliphatic rings. The zero-order chi connectivity index (χ0) is 17.8. The third-order valence-electron chi connectivity index (χ3n) is 4.81. The number of likely N-dealkylation sites (tertiary alicyclic amines) is 1. The van der Waals surface area contributed by atoms with Crippen LogP contribution in [0.15, 0.2) is 30.9 Å². The average molecular weight is 343 g/mol. The predicted octanol–water partition coefficient (Wildman–Crippen LogP) is 2.53. The van der Waals surface area contributed by atoms with Gasteiger partial charge in [0.05, 0.1) is 25.4 Å². The van der Waals surface area contributed by atoms with Crippen molar-refractivity contribution in [2.45, 2.75) is 45.3 Å². The maximum absolute atomic E-state index is 12.8. The van der Waals surface area contributed by atoms with Crippen LogP contribution in [0.2, 0.25) is 0 Å². The number of hydrogen-bond donors (Lipinski definition) is 1. The van der Waals surface area contributed by atoms with Crippen LogP contribution in [-0.4, -0.2) is 45.2 Å². The summed E-state index contributed by atoms with van der Waals surface area (Å²) in [7, 11) is 1.61. The number of nitrogens with one attached hydrogen (secondary N) is 1. The first kappa shape index (κ1) is 17.3. The lowest BCUT2D eigenvalue weighted by Gasteiger charge is -2.27. The van der Waals surface area contributed by atoms with Gasteiger partial charge in [0.25, 0.3) is 0 Å². The Balaban J connectivity index is 1.66. The maximum atomic E-state index is 12.8. The molecule has 2 aromatic heterocycles. The van der Waals surface area contributed by atoms with Gasteiger partial charge in [0.15, 0.2) is 0 Å². The normalized spacial score (nSPS) is 18.2. The van der Waals surface area contributed by atoms with E-state index in [1.54, 1.807) is 25.7 Å². The molecule has 7 nitrogen and oxygen atoms in total. The lowest BCUT2D eigenvalue weighted by Crippen LogP contribution is -2.45. The summed E-state index contributed by atoms with van der Waals surface area (Å²) >= 11 is 0. The smallest absolute Gasteiger partial charge is 0.318 e. The van der Waals surface area contributed by atoms with Crippen molar-refractivity contribution in [3.63, 3.8) is 0 Å². The third kappa shape index (κ3) is 3.75. The second-order valence-electron chi connectivity index (χ2n) is 6.41. The van der Waals surface area contributed by atoms with E-state index in [-0.39, 0.29) is 18.1 Å². The van der Waals surface area contributed by atoms with Crippen LogP contribution in [-0.2, 0) is 6.54 Å². The molecule has 0 saturated carbocycles. The number of nitrogens with zero attached hydrogens (tertiary/aromatic N) is 4. The number of imidazole rings is 1. The molecule has 0 aromatic carbocycles. The number of amides is 2. The van der Waals surface area contributed by atoms with E-state index >= 15 is 0 Å². The number of methoxy groups -OCH3 is 1. The Bertz CT molecular complexity index is 730. The number of aryl methyl sites for hydroxylation is 1. The highest BCUT2D eigenvalue weighted by atomic mass is 16.5. The number of aromatic nitrogens is 3. The summed E-state index contributed by atoms with van der Waals surface area (Å²) < 4.78 is 7.44. The van der Waals surface area contributed by atoms with E-state index in [4.69, 9.17) is 4.74 Å². The third-order valence-corrected chi connectivity index (χ3v) is 4.81. The molecule has 1 aliphatic heterocycles. The van der Waals surface area contributed by atoms with Crippen LogP contribution in [0.1, 0.15) is 37.2 Å². The van der Waals surface area contributed by atoms with Gasteiger partial charge in [0, 0.05) is 37.2 Å². The van der Waals surface area contributed by atoms with E-state index in [1.165, 1.54) is 0 Å². The van der Waals surface area contributed by atoms with Gasteiger partial charge in [-0.3, -0.25) is 4.98 Å². The molecule has 0 bridgehead atoms. The molecular weight excluding hydrogens is 318 g/mol. The Hall–Kier alpha value is -2.57. The molecule has 0 radical (unpaired) electrons. The Morgan fingerprint density at radius 3 is 3.04 bits per heavy atom. The van der Waals surface area contributed by atoms with Gasteiger partial charge in [-0.05, 0) is 32.8 Å². The number of urea groups is 1. The van der Waals surface area contributed by atoms with E-state index in [0.717, 1.165) is 37.3 Å². The first-order valence-corrected chi connectivity index (χ1v) is 8.63. The van der Waals surface area contributed by atoms with Gasteiger partial charge in [-0.25, -0.2) is 9.78 Å². The lowest BCUT2D eigenvalue weighted by molar-refractivity contribution is 0.184. The fourth-order valence-corrected chi connectivity index (χ4v) is 3.38. The summed E-state index contributed by atoms with van der Waals surface area (Å²) in [5, 5.41) is 3.09. The van der Waals surface area contributed by atoms with Crippen LogP contribution in [0.25, 0.3) is 0 Å². The minimum Gasteiger partial charge on any atom is -0.495 e. The van der Waals surface area contributed by atoms with Crippen LogP contribution in [0.4, 0.5) is 4.79 Å². The molecule has 0 aliphatic carbocycles. The number of hydrogen-bond acceptors (Lipinski definition) is 4. The monoisotopic (exact) mass is 343 g/mol. The molecule has 3 rings (SSSR count). The van der Waals surface area contributed by atoms with Crippen molar-refractivity contribution in [2.75, 3.05) is 13.7 Å². The molecule has 2 aromatic rings. The lowest BCUT2D eigenvalue weighted by atomic mass is 10.1. The highest BCUT2D eigenvalue weighted by Crippen LogP contribution is 2.25. The van der Waals surface area contributed by atoms with Crippen LogP contribution in [0, 0.1) is 6.92 Å². The average Bonchev–Trinajstić information content (AvgIpc) is 3.24. The Morgan fingerprint density at radius 2 is 2.32 bits per heavy atom. The molecule has 2 atom stereocenters. The largest absolute Gasteiger partial charge is 0.495 e. The SMILES string of the molecule is COc1cnccc1[C@H](C)NC(=O)N1CCC[C@@H]1Cn1ccnc1C. The predicted molar refractivity (Wildman–Crippen MR) is 94.4 cm³/mol. The molecule has 25 heavy (non-hydrogen) atoms. The van der Waals surface area contributed by atoms with Gasteiger partial charge in [-0.15, -0.1) is 0 Å². The van der Waals surface area contributed by atoms with Gasteiger partial charge in [-0.1, -0.05) is 0 Å². The standard InChI is InChI=1S/C18H25N5O2/c1-13(16-6-7-19-11-17(16)25-3)21-18(24)23-9-4-5-15(23)12-22-10-8-20-14(22)2/h6-8,10-11,13,15H,4-5,9,12H2,1-3H3,(H,21,24)/t13-,15+/m0/s1. The van der Waals surface area contributed by atoms with Crippen molar-refractivity contribution in [1.29, 1.82) is 0 Å². The van der Waals surface area contributed by atoms with E-state index < -0.39 is 0 Å². The first-order valence-electron chi connectivity index (χ1n) is 8.63. The van der Waals surface area contributed by atoms with E-state index in [2.05, 4.69) is 19.9 Å². The number of rotatable bonds is 5. The summed E-state index contributed by atoms with van der Waals surface area (Å²) in [6.07, 6.45) is 9.18. The second kappa shape index (κ2) is 7.55. The summed E-state index contributed by atoms with van der Waals surface area (Å²) in [5.74, 6) is 1.66. The molecule has 1 fully saturated rings. The highest BCUT2D eigenvalue weighted by molar-refractivity contribution is 5.75. The Labute approximate surface area is 148 Å². The van der Waals surface area contributed by atoms with E-state index in [1.807, 2.05) is 31.0 Å². The van der Waals surface area contributed by atoms with Crippen molar-refractivity contribution in [3.05, 3.63) is 42.2 Å². The number of carbonyl (C=O) groups is 1. The topological polar surface area (TPSA) is 72.3 Å². The van der Waals surface area contributed by atoms with Gasteiger partial charge in [-0.2, -0.15) is 0 Å². The Morgan fingerprint density at radius 1 is 1.48 bits per heavy atom.